The van der Waals surface area contributed by atoms with Crippen molar-refractivity contribution in [2.24, 2.45) is 5.92 Å². The van der Waals surface area contributed by atoms with Gasteiger partial charge in [0.2, 0.25) is 0 Å². The van der Waals surface area contributed by atoms with Crippen LogP contribution in [0.1, 0.15) is 64.0 Å². The smallest absolute Gasteiger partial charge is 0.132 e. The van der Waals surface area contributed by atoms with Gasteiger partial charge < -0.3 is 23.3 Å². The van der Waals surface area contributed by atoms with Crippen molar-refractivity contribution < 1.29 is 23.3 Å². The highest BCUT2D eigenvalue weighted by Crippen LogP contribution is 2.32. The molecule has 0 amide bonds. The average Bonchev–Trinajstić information content (AvgIpc) is 2.92. The summed E-state index contributed by atoms with van der Waals surface area (Å²) in [5.74, 6) is 1.28. The molecule has 3 unspecified atom stereocenters. The second kappa shape index (κ2) is 15.4. The maximum Gasteiger partial charge on any atom is 0.132 e. The number of hydrogen-bond donors (Lipinski definition) is 0. The first-order valence-corrected chi connectivity index (χ1v) is 15.0. The minimum atomic E-state index is -0.281. The van der Waals surface area contributed by atoms with Gasteiger partial charge in [-0.05, 0) is 62.6 Å². The standard InChI is InChI=1S/C32H44O5P2/c1-22-16-17-33-27(19-22)14-15-32(37-39)31-9-5-7-29(36-38)21-24(3)18-23(2)20-28-6-4-8-30(35-28)25-10-12-26(34-31)13-11-25/h4-5,7-8,10-16,23,27-32H,3,6,9,17-21,38-39H2,1-2H3/b7-5+,15-14+/t23-,27+,28-,29?,30-,31-,32-/m0/s1. The first-order valence-electron chi connectivity index (χ1n) is 14.0. The van der Waals surface area contributed by atoms with Crippen LogP contribution in [0.25, 0.3) is 0 Å². The lowest BCUT2D eigenvalue weighted by Crippen LogP contribution is -2.31. The van der Waals surface area contributed by atoms with Gasteiger partial charge in [-0.15, -0.1) is 0 Å². The molecule has 4 aliphatic heterocycles. The Balaban J connectivity index is 1.57. The van der Waals surface area contributed by atoms with Gasteiger partial charge >= 0.3 is 0 Å². The van der Waals surface area contributed by atoms with Crippen LogP contribution < -0.4 is 4.74 Å². The summed E-state index contributed by atoms with van der Waals surface area (Å²) in [6.45, 7) is 9.43. The number of ether oxygens (including phenoxy) is 3. The molecule has 1 aromatic rings. The maximum absolute atomic E-state index is 6.52. The molecule has 0 aromatic heterocycles. The van der Waals surface area contributed by atoms with Crippen molar-refractivity contribution in [2.75, 3.05) is 6.61 Å². The molecule has 0 N–H and O–H groups in total. The van der Waals surface area contributed by atoms with Gasteiger partial charge in [-0.1, -0.05) is 79.3 Å². The molecule has 0 spiro atoms. The molecule has 4 aliphatic rings. The maximum atomic E-state index is 6.52. The van der Waals surface area contributed by atoms with Crippen LogP contribution >= 0.6 is 18.9 Å². The molecule has 1 aromatic carbocycles. The fourth-order valence-electron chi connectivity index (χ4n) is 5.47. The Morgan fingerprint density at radius 2 is 1.85 bits per heavy atom. The second-order valence-electron chi connectivity index (χ2n) is 11.0. The summed E-state index contributed by atoms with van der Waals surface area (Å²) >= 11 is 0. The van der Waals surface area contributed by atoms with E-state index < -0.39 is 0 Å². The van der Waals surface area contributed by atoms with E-state index in [1.807, 2.05) is 12.1 Å². The van der Waals surface area contributed by atoms with Crippen LogP contribution in [0.15, 0.2) is 84.5 Å². The Hall–Kier alpha value is -1.58. The second-order valence-corrected chi connectivity index (χ2v) is 11.6. The predicted molar refractivity (Wildman–Crippen MR) is 165 cm³/mol. The van der Waals surface area contributed by atoms with Crippen LogP contribution in [-0.2, 0) is 18.5 Å². The van der Waals surface area contributed by atoms with Gasteiger partial charge in [0.25, 0.3) is 0 Å². The van der Waals surface area contributed by atoms with Crippen molar-refractivity contribution >= 4 is 18.9 Å². The molecule has 4 bridgehead atoms. The highest BCUT2D eigenvalue weighted by atomic mass is 31.0. The Morgan fingerprint density at radius 3 is 2.59 bits per heavy atom. The van der Waals surface area contributed by atoms with Gasteiger partial charge in [-0.2, -0.15) is 0 Å². The van der Waals surface area contributed by atoms with E-state index in [-0.39, 0.29) is 36.6 Å². The van der Waals surface area contributed by atoms with Crippen LogP contribution in [0.5, 0.6) is 5.75 Å². The van der Waals surface area contributed by atoms with Crippen LogP contribution in [0, 0.1) is 5.92 Å². The summed E-state index contributed by atoms with van der Waals surface area (Å²) < 4.78 is 30.4. The van der Waals surface area contributed by atoms with Crippen LogP contribution in [0.4, 0.5) is 0 Å². The number of benzene rings is 1. The van der Waals surface area contributed by atoms with Gasteiger partial charge in [0.15, 0.2) is 0 Å². The van der Waals surface area contributed by atoms with E-state index in [2.05, 4.69) is 94.0 Å². The molecule has 4 heterocycles. The third-order valence-electron chi connectivity index (χ3n) is 7.54. The lowest BCUT2D eigenvalue weighted by molar-refractivity contribution is -0.00722. The van der Waals surface area contributed by atoms with Crippen molar-refractivity contribution in [3.63, 3.8) is 0 Å². The van der Waals surface area contributed by atoms with Crippen molar-refractivity contribution in [1.82, 2.24) is 0 Å². The highest BCUT2D eigenvalue weighted by Gasteiger charge is 2.24. The molecule has 0 fully saturated rings. The molecule has 0 saturated carbocycles. The summed E-state index contributed by atoms with van der Waals surface area (Å²) in [6.07, 6.45) is 19.8. The third-order valence-corrected chi connectivity index (χ3v) is 8.20. The molecule has 0 saturated heterocycles. The fraction of sp³-hybridized carbons (Fsp3) is 0.500. The topological polar surface area (TPSA) is 46.2 Å². The summed E-state index contributed by atoms with van der Waals surface area (Å²) in [7, 11) is 4.81. The number of fused-ring (bicyclic) bond motifs is 11. The quantitative estimate of drug-likeness (QED) is 0.267. The minimum Gasteiger partial charge on any atom is -0.487 e. The summed E-state index contributed by atoms with van der Waals surface area (Å²) in [5, 5.41) is 0. The number of rotatable bonds is 5. The highest BCUT2D eigenvalue weighted by molar-refractivity contribution is 7.10. The van der Waals surface area contributed by atoms with Gasteiger partial charge in [-0.3, -0.25) is 0 Å². The first kappa shape index (κ1) is 30.4. The molecule has 212 valence electrons. The molecule has 9 atom stereocenters. The number of hydrogen-bond acceptors (Lipinski definition) is 5. The van der Waals surface area contributed by atoms with Gasteiger partial charge in [0.05, 0.1) is 24.9 Å². The monoisotopic (exact) mass is 570 g/mol. The van der Waals surface area contributed by atoms with Crippen LogP contribution in [-0.4, -0.2) is 37.1 Å². The zero-order chi connectivity index (χ0) is 27.6. The summed E-state index contributed by atoms with van der Waals surface area (Å²) in [6, 6.07) is 8.26. The Labute approximate surface area is 239 Å². The van der Waals surface area contributed by atoms with E-state index in [0.29, 0.717) is 18.9 Å². The summed E-state index contributed by atoms with van der Waals surface area (Å²) in [4.78, 5) is 0. The molecule has 5 nitrogen and oxygen atoms in total. The Morgan fingerprint density at radius 1 is 1.05 bits per heavy atom. The van der Waals surface area contributed by atoms with E-state index in [9.17, 15) is 0 Å². The van der Waals surface area contributed by atoms with Gasteiger partial charge in [0.1, 0.15) is 24.1 Å². The molecule has 5 rings (SSSR count). The van der Waals surface area contributed by atoms with E-state index in [1.165, 1.54) is 11.1 Å². The molecule has 39 heavy (non-hydrogen) atoms. The van der Waals surface area contributed by atoms with Crippen molar-refractivity contribution in [1.29, 1.82) is 0 Å². The van der Waals surface area contributed by atoms with Gasteiger partial charge in [0, 0.05) is 25.4 Å². The minimum absolute atomic E-state index is 0.0419. The molecule has 0 aliphatic carbocycles. The fourth-order valence-corrected chi connectivity index (χ4v) is 5.92. The van der Waals surface area contributed by atoms with Crippen molar-refractivity contribution in [3.05, 3.63) is 90.1 Å². The zero-order valence-corrected chi connectivity index (χ0v) is 25.6. The molecule has 0 radical (unpaired) electrons. The normalized spacial score (nSPS) is 32.2. The van der Waals surface area contributed by atoms with Crippen molar-refractivity contribution in [3.8, 4) is 5.75 Å². The average molecular weight is 571 g/mol. The van der Waals surface area contributed by atoms with Crippen molar-refractivity contribution in [2.45, 2.75) is 89.0 Å². The Bertz CT molecular complexity index is 1050. The SMILES string of the molecule is C=C1CC(OP)/C=C/C[C@@H]([C@H](/C=C/[C@@H]2CC(C)=CCO2)OP)Oc2ccc(cc2)[C@@H]2C=CC[C@@H](C[C@@H](C)C1)O2. The van der Waals surface area contributed by atoms with E-state index in [4.69, 9.17) is 23.3 Å². The van der Waals surface area contributed by atoms with Crippen LogP contribution in [0.2, 0.25) is 0 Å². The van der Waals surface area contributed by atoms with E-state index in [1.54, 1.807) is 0 Å². The summed E-state index contributed by atoms with van der Waals surface area (Å²) in [5.41, 5.74) is 3.67. The van der Waals surface area contributed by atoms with Crippen LogP contribution in [0.3, 0.4) is 0 Å². The van der Waals surface area contributed by atoms with E-state index >= 15 is 0 Å². The molecular formula is C32H44O5P2. The predicted octanol–water partition coefficient (Wildman–Crippen LogP) is 7.78. The largest absolute Gasteiger partial charge is 0.487 e. The first-order chi connectivity index (χ1) is 18.9. The van der Waals surface area contributed by atoms with Gasteiger partial charge in [-0.25, -0.2) is 0 Å². The zero-order valence-electron chi connectivity index (χ0n) is 23.2. The third kappa shape index (κ3) is 9.49. The lowest BCUT2D eigenvalue weighted by Gasteiger charge is -2.29. The lowest BCUT2D eigenvalue weighted by atomic mass is 9.91. The molecular weight excluding hydrogens is 526 g/mol. The Kier molecular flexibility index (Phi) is 12.0. The van der Waals surface area contributed by atoms with E-state index in [0.717, 1.165) is 43.4 Å². The molecule has 7 heteroatoms.